The highest BCUT2D eigenvalue weighted by molar-refractivity contribution is 6.19. The number of carbonyl (C=O) groups excluding carboxylic acids is 1. The average molecular weight is 421 g/mol. The van der Waals surface area contributed by atoms with Crippen molar-refractivity contribution in [3.63, 3.8) is 0 Å². The number of rotatable bonds is 4. The summed E-state index contributed by atoms with van der Waals surface area (Å²) in [5.74, 6) is -0.171. The minimum Gasteiger partial charge on any atom is -0.403 e. The number of nitrogens with one attached hydrogen (secondary N) is 2. The quantitative estimate of drug-likeness (QED) is 0.517. The van der Waals surface area contributed by atoms with Crippen molar-refractivity contribution in [2.75, 3.05) is 10.6 Å². The summed E-state index contributed by atoms with van der Waals surface area (Å²) in [6, 6.07) is 22.3. The summed E-state index contributed by atoms with van der Waals surface area (Å²) >= 11 is 0. The van der Waals surface area contributed by atoms with E-state index in [1.807, 2.05) is 60.7 Å². The molecule has 9 heteroatoms. The molecule has 0 saturated heterocycles. The number of aliphatic imine (C=N–C) groups is 1. The molecule has 0 spiro atoms. The van der Waals surface area contributed by atoms with E-state index in [9.17, 15) is 4.79 Å². The second-order valence-corrected chi connectivity index (χ2v) is 6.88. The number of nitriles is 1. The Hall–Kier alpha value is -4.84. The van der Waals surface area contributed by atoms with Crippen LogP contribution in [-0.2, 0) is 4.79 Å². The van der Waals surface area contributed by atoms with Gasteiger partial charge in [-0.1, -0.05) is 53.6 Å². The molecule has 0 unspecified atom stereocenters. The van der Waals surface area contributed by atoms with Crippen LogP contribution in [0.15, 0.2) is 82.3 Å². The molecule has 2 N–H and O–H groups in total. The van der Waals surface area contributed by atoms with Crippen LogP contribution in [0, 0.1) is 11.3 Å². The highest BCUT2D eigenvalue weighted by Crippen LogP contribution is 2.25. The Morgan fingerprint density at radius 3 is 2.66 bits per heavy atom. The first kappa shape index (κ1) is 19.1. The van der Waals surface area contributed by atoms with Gasteiger partial charge in [0.1, 0.15) is 11.8 Å². The zero-order valence-electron chi connectivity index (χ0n) is 16.6. The topological polar surface area (TPSA) is 129 Å². The van der Waals surface area contributed by atoms with Crippen LogP contribution in [0.2, 0.25) is 0 Å². The Kier molecular flexibility index (Phi) is 4.86. The van der Waals surface area contributed by atoms with E-state index in [1.54, 1.807) is 6.07 Å². The third-order valence-corrected chi connectivity index (χ3v) is 4.80. The molecule has 1 amide bonds. The van der Waals surface area contributed by atoms with E-state index in [4.69, 9.17) is 9.68 Å². The monoisotopic (exact) mass is 421 g/mol. The maximum absolute atomic E-state index is 12.9. The summed E-state index contributed by atoms with van der Waals surface area (Å²) in [7, 11) is 0. The normalized spacial score (nSPS) is 15.0. The van der Waals surface area contributed by atoms with E-state index < -0.39 is 6.17 Å². The fraction of sp³-hybridized carbons (Fsp3) is 0.0435. The molecule has 32 heavy (non-hydrogen) atoms. The van der Waals surface area contributed by atoms with Crippen molar-refractivity contribution >= 4 is 23.3 Å². The maximum Gasteiger partial charge on any atom is 0.317 e. The van der Waals surface area contributed by atoms with Crippen LogP contribution >= 0.6 is 0 Å². The number of aromatic nitrogens is 3. The van der Waals surface area contributed by atoms with Gasteiger partial charge in [0.15, 0.2) is 0 Å². The zero-order chi connectivity index (χ0) is 21.9. The number of nitrogens with zero attached hydrogens (tertiary/aromatic N) is 5. The first-order chi connectivity index (χ1) is 15.7. The third kappa shape index (κ3) is 3.68. The Morgan fingerprint density at radius 2 is 1.81 bits per heavy atom. The SMILES string of the molecule is N#Cc1cc(-c2nnc(N[C@H]3N=C(c4ccccc4)c4ccccc4NC3=O)o2)ccn1. The summed E-state index contributed by atoms with van der Waals surface area (Å²) in [5.41, 5.74) is 3.77. The van der Waals surface area contributed by atoms with Crippen molar-refractivity contribution in [2.24, 2.45) is 4.99 Å². The van der Waals surface area contributed by atoms with Crippen molar-refractivity contribution in [1.29, 1.82) is 5.26 Å². The lowest BCUT2D eigenvalue weighted by molar-refractivity contribution is -0.116. The molecule has 0 saturated carbocycles. The molecule has 2 aromatic carbocycles. The Labute approximate surface area is 182 Å². The molecule has 3 heterocycles. The minimum absolute atomic E-state index is 0.0255. The molecule has 0 aliphatic carbocycles. The molecular weight excluding hydrogens is 406 g/mol. The van der Waals surface area contributed by atoms with Gasteiger partial charge < -0.3 is 15.1 Å². The van der Waals surface area contributed by atoms with Gasteiger partial charge >= 0.3 is 6.01 Å². The highest BCUT2D eigenvalue weighted by atomic mass is 16.4. The van der Waals surface area contributed by atoms with Crippen LogP contribution in [0.25, 0.3) is 11.5 Å². The van der Waals surface area contributed by atoms with E-state index in [2.05, 4.69) is 30.8 Å². The van der Waals surface area contributed by atoms with Crippen molar-refractivity contribution in [1.82, 2.24) is 15.2 Å². The first-order valence-electron chi connectivity index (χ1n) is 9.71. The number of para-hydroxylation sites is 1. The molecule has 154 valence electrons. The Morgan fingerprint density at radius 1 is 1.00 bits per heavy atom. The van der Waals surface area contributed by atoms with Gasteiger partial charge in [-0.05, 0) is 18.2 Å². The second-order valence-electron chi connectivity index (χ2n) is 6.88. The number of amides is 1. The average Bonchev–Trinajstić information content (AvgIpc) is 3.26. The molecule has 2 aromatic heterocycles. The van der Waals surface area contributed by atoms with Gasteiger partial charge in [0, 0.05) is 22.9 Å². The summed E-state index contributed by atoms with van der Waals surface area (Å²) in [6.07, 6.45) is 0.482. The Balaban J connectivity index is 1.49. The number of carbonyl (C=O) groups is 1. The fourth-order valence-corrected chi connectivity index (χ4v) is 3.32. The van der Waals surface area contributed by atoms with E-state index in [-0.39, 0.29) is 23.5 Å². The number of benzene rings is 2. The largest absolute Gasteiger partial charge is 0.403 e. The number of pyridine rings is 1. The standard InChI is InChI=1S/C23H15N7O2/c24-13-16-12-15(10-11-25-16)22-29-30-23(32-22)28-20-21(31)26-18-9-5-4-8-17(18)19(27-20)14-6-2-1-3-7-14/h1-12,20H,(H,26,31)(H,28,30)/t20-/m1/s1. The number of hydrogen-bond acceptors (Lipinski definition) is 8. The smallest absolute Gasteiger partial charge is 0.317 e. The van der Waals surface area contributed by atoms with Gasteiger partial charge in [0.2, 0.25) is 12.1 Å². The van der Waals surface area contributed by atoms with Gasteiger partial charge in [0.25, 0.3) is 5.91 Å². The molecule has 1 atom stereocenters. The lowest BCUT2D eigenvalue weighted by Gasteiger charge is -2.11. The maximum atomic E-state index is 12.9. The van der Waals surface area contributed by atoms with E-state index in [0.29, 0.717) is 17.0 Å². The van der Waals surface area contributed by atoms with E-state index in [0.717, 1.165) is 11.1 Å². The summed E-state index contributed by atoms with van der Waals surface area (Å²) < 4.78 is 5.66. The molecule has 0 fully saturated rings. The Bertz CT molecular complexity index is 1370. The van der Waals surface area contributed by atoms with Crippen molar-refractivity contribution in [2.45, 2.75) is 6.17 Å². The van der Waals surface area contributed by atoms with Crippen LogP contribution in [0.3, 0.4) is 0 Å². The number of hydrogen-bond donors (Lipinski definition) is 2. The fourth-order valence-electron chi connectivity index (χ4n) is 3.32. The summed E-state index contributed by atoms with van der Waals surface area (Å²) in [4.78, 5) is 21.5. The van der Waals surface area contributed by atoms with Crippen LogP contribution in [0.5, 0.6) is 0 Å². The van der Waals surface area contributed by atoms with Gasteiger partial charge in [-0.3, -0.25) is 4.79 Å². The van der Waals surface area contributed by atoms with Crippen LogP contribution in [0.1, 0.15) is 16.8 Å². The third-order valence-electron chi connectivity index (χ3n) is 4.80. The van der Waals surface area contributed by atoms with Gasteiger partial charge in [-0.15, -0.1) is 5.10 Å². The molecule has 0 bridgehead atoms. The van der Waals surface area contributed by atoms with Crippen molar-refractivity contribution in [3.8, 4) is 17.5 Å². The molecule has 0 radical (unpaired) electrons. The van der Waals surface area contributed by atoms with Crippen LogP contribution in [0.4, 0.5) is 11.7 Å². The van der Waals surface area contributed by atoms with Crippen molar-refractivity contribution < 1.29 is 9.21 Å². The number of anilines is 2. The van der Waals surface area contributed by atoms with Crippen molar-refractivity contribution in [3.05, 3.63) is 89.7 Å². The lowest BCUT2D eigenvalue weighted by atomic mass is 10.0. The second kappa shape index (κ2) is 8.12. The predicted octanol–water partition coefficient (Wildman–Crippen LogP) is 3.23. The van der Waals surface area contributed by atoms with Crippen LogP contribution < -0.4 is 10.6 Å². The molecule has 1 aliphatic rings. The molecule has 1 aliphatic heterocycles. The predicted molar refractivity (Wildman–Crippen MR) is 117 cm³/mol. The van der Waals surface area contributed by atoms with Gasteiger partial charge in [-0.2, -0.15) is 5.26 Å². The minimum atomic E-state index is -1.00. The van der Waals surface area contributed by atoms with Crippen LogP contribution in [-0.4, -0.2) is 33.0 Å². The van der Waals surface area contributed by atoms with E-state index in [1.165, 1.54) is 12.3 Å². The van der Waals surface area contributed by atoms with E-state index >= 15 is 0 Å². The molecule has 9 nitrogen and oxygen atoms in total. The number of fused-ring (bicyclic) bond motifs is 1. The lowest BCUT2D eigenvalue weighted by Crippen LogP contribution is -2.32. The first-order valence-corrected chi connectivity index (χ1v) is 9.71. The van der Waals surface area contributed by atoms with Gasteiger partial charge in [0.05, 0.1) is 11.4 Å². The molecular formula is C23H15N7O2. The number of benzodiazepines with no additional fused rings is 1. The summed E-state index contributed by atoms with van der Waals surface area (Å²) in [5, 5.41) is 22.8. The zero-order valence-corrected chi connectivity index (χ0v) is 16.6. The van der Waals surface area contributed by atoms with Gasteiger partial charge in [-0.25, -0.2) is 9.98 Å². The summed E-state index contributed by atoms with van der Waals surface area (Å²) in [6.45, 7) is 0. The highest BCUT2D eigenvalue weighted by Gasteiger charge is 2.27. The molecule has 5 rings (SSSR count). The molecule has 4 aromatic rings.